The number of likely N-dealkylation sites (tertiary alicyclic amines) is 1. The van der Waals surface area contributed by atoms with Crippen LogP contribution in [0.3, 0.4) is 0 Å². The number of benzene rings is 2. The van der Waals surface area contributed by atoms with Crippen molar-refractivity contribution < 1.29 is 9.59 Å². The third kappa shape index (κ3) is 5.67. The van der Waals surface area contributed by atoms with Crippen molar-refractivity contribution in [1.82, 2.24) is 14.7 Å². The summed E-state index contributed by atoms with van der Waals surface area (Å²) in [5, 5.41) is 0. The van der Waals surface area contributed by atoms with Gasteiger partial charge in [-0.3, -0.25) is 9.69 Å². The highest BCUT2D eigenvalue weighted by atomic mass is 16.2. The molecule has 4 rings (SSSR count). The van der Waals surface area contributed by atoms with Gasteiger partial charge in [0.15, 0.2) is 0 Å². The molecular weight excluding hydrogens is 446 g/mol. The summed E-state index contributed by atoms with van der Waals surface area (Å²) < 4.78 is 0. The van der Waals surface area contributed by atoms with Crippen LogP contribution in [0, 0.1) is 11.8 Å². The summed E-state index contributed by atoms with van der Waals surface area (Å²) in [6, 6.07) is 19.0. The Morgan fingerprint density at radius 2 is 1.44 bits per heavy atom. The van der Waals surface area contributed by atoms with Gasteiger partial charge < -0.3 is 9.80 Å². The number of piperidine rings is 1. The average Bonchev–Trinajstić information content (AvgIpc) is 3.03. The van der Waals surface area contributed by atoms with Crippen LogP contribution in [0.5, 0.6) is 0 Å². The molecule has 3 amide bonds. The van der Waals surface area contributed by atoms with Crippen molar-refractivity contribution in [2.75, 3.05) is 26.2 Å². The van der Waals surface area contributed by atoms with E-state index >= 15 is 0 Å². The summed E-state index contributed by atoms with van der Waals surface area (Å²) in [4.78, 5) is 33.1. The first-order valence-corrected chi connectivity index (χ1v) is 13.7. The van der Waals surface area contributed by atoms with E-state index in [9.17, 15) is 9.59 Å². The number of urea groups is 1. The second kappa shape index (κ2) is 11.2. The molecule has 194 valence electrons. The minimum atomic E-state index is -0.714. The van der Waals surface area contributed by atoms with Crippen molar-refractivity contribution >= 4 is 11.9 Å². The minimum absolute atomic E-state index is 0.00933. The molecule has 0 saturated carbocycles. The van der Waals surface area contributed by atoms with Crippen LogP contribution in [-0.2, 0) is 17.8 Å². The van der Waals surface area contributed by atoms with E-state index in [1.807, 2.05) is 35.2 Å². The maximum atomic E-state index is 13.7. The second-order valence-electron chi connectivity index (χ2n) is 11.7. The smallest absolute Gasteiger partial charge is 0.305 e. The van der Waals surface area contributed by atoms with Gasteiger partial charge in [-0.2, -0.15) is 0 Å². The SMILES string of the molecule is CC(C)CN1C(=O)N(Cc2ccccc2)C2(CCN(CC(C)Cc3ccc(C(C)C)cc3)CC2)C1=O. The molecule has 0 N–H and O–H groups in total. The molecular formula is C31H43N3O2. The summed E-state index contributed by atoms with van der Waals surface area (Å²) in [5.74, 6) is 1.35. The van der Waals surface area contributed by atoms with Crippen LogP contribution in [0.4, 0.5) is 4.79 Å². The Morgan fingerprint density at radius 1 is 0.806 bits per heavy atom. The summed E-state index contributed by atoms with van der Waals surface area (Å²) in [5.41, 5.74) is 3.13. The van der Waals surface area contributed by atoms with E-state index in [0.717, 1.165) is 31.6 Å². The fraction of sp³-hybridized carbons (Fsp3) is 0.548. The van der Waals surface area contributed by atoms with Gasteiger partial charge in [0.25, 0.3) is 5.91 Å². The molecule has 5 heteroatoms. The van der Waals surface area contributed by atoms with Gasteiger partial charge in [0.05, 0.1) is 0 Å². The molecule has 0 aromatic heterocycles. The third-order valence-corrected chi connectivity index (χ3v) is 7.84. The zero-order valence-electron chi connectivity index (χ0n) is 22.7. The maximum Gasteiger partial charge on any atom is 0.327 e. The Hall–Kier alpha value is -2.66. The fourth-order valence-corrected chi connectivity index (χ4v) is 5.83. The van der Waals surface area contributed by atoms with E-state index in [4.69, 9.17) is 0 Å². The highest BCUT2D eigenvalue weighted by Crippen LogP contribution is 2.39. The zero-order valence-corrected chi connectivity index (χ0v) is 22.7. The first kappa shape index (κ1) is 26.4. The number of carbonyl (C=O) groups excluding carboxylic acids is 2. The number of hydrogen-bond donors (Lipinski definition) is 0. The quantitative estimate of drug-likeness (QED) is 0.409. The van der Waals surface area contributed by atoms with E-state index in [-0.39, 0.29) is 17.9 Å². The topological polar surface area (TPSA) is 43.9 Å². The predicted octanol–water partition coefficient (Wildman–Crippen LogP) is 5.94. The lowest BCUT2D eigenvalue weighted by atomic mass is 9.85. The maximum absolute atomic E-state index is 13.7. The van der Waals surface area contributed by atoms with Gasteiger partial charge in [0, 0.05) is 32.7 Å². The van der Waals surface area contributed by atoms with Crippen LogP contribution in [0.15, 0.2) is 54.6 Å². The normalized spacial score (nSPS) is 19.2. The Labute approximate surface area is 217 Å². The number of hydrogen-bond acceptors (Lipinski definition) is 3. The average molecular weight is 490 g/mol. The zero-order chi connectivity index (χ0) is 25.9. The lowest BCUT2D eigenvalue weighted by molar-refractivity contribution is -0.136. The van der Waals surface area contributed by atoms with Crippen molar-refractivity contribution in [1.29, 1.82) is 0 Å². The molecule has 2 aromatic carbocycles. The Kier molecular flexibility index (Phi) is 8.19. The lowest BCUT2D eigenvalue weighted by Crippen LogP contribution is -2.56. The van der Waals surface area contributed by atoms with Crippen molar-refractivity contribution in [3.05, 3.63) is 71.3 Å². The molecule has 0 radical (unpaired) electrons. The van der Waals surface area contributed by atoms with Crippen LogP contribution in [0.1, 0.15) is 70.1 Å². The molecule has 0 bridgehead atoms. The Balaban J connectivity index is 1.42. The first-order chi connectivity index (χ1) is 17.2. The molecule has 1 unspecified atom stereocenters. The third-order valence-electron chi connectivity index (χ3n) is 7.84. The van der Waals surface area contributed by atoms with Gasteiger partial charge in [-0.05, 0) is 53.7 Å². The standard InChI is InChI=1S/C31H43N3O2/c1-23(2)20-33-29(35)31(34(30(33)36)22-27-9-7-6-8-10-27)15-17-32(18-16-31)21-25(5)19-26-11-13-28(14-12-26)24(3)4/h6-14,23-25H,15-22H2,1-5H3. The van der Waals surface area contributed by atoms with E-state index in [1.54, 1.807) is 0 Å². The Morgan fingerprint density at radius 3 is 2.03 bits per heavy atom. The fourth-order valence-electron chi connectivity index (χ4n) is 5.83. The molecule has 2 saturated heterocycles. The van der Waals surface area contributed by atoms with E-state index in [1.165, 1.54) is 16.0 Å². The molecule has 2 aromatic rings. The van der Waals surface area contributed by atoms with Gasteiger partial charge in [-0.15, -0.1) is 0 Å². The van der Waals surface area contributed by atoms with Crippen LogP contribution in [-0.4, -0.2) is 58.4 Å². The molecule has 2 aliphatic rings. The predicted molar refractivity (Wildman–Crippen MR) is 146 cm³/mol. The summed E-state index contributed by atoms with van der Waals surface area (Å²) in [6.45, 7) is 14.6. The van der Waals surface area contributed by atoms with Gasteiger partial charge in [-0.25, -0.2) is 4.79 Å². The van der Waals surface area contributed by atoms with Crippen molar-refractivity contribution in [3.8, 4) is 0 Å². The van der Waals surface area contributed by atoms with E-state index < -0.39 is 5.54 Å². The van der Waals surface area contributed by atoms with Gasteiger partial charge in [0.2, 0.25) is 0 Å². The van der Waals surface area contributed by atoms with Crippen LogP contribution >= 0.6 is 0 Å². The number of nitrogens with zero attached hydrogens (tertiary/aromatic N) is 3. The van der Waals surface area contributed by atoms with Gasteiger partial charge >= 0.3 is 6.03 Å². The number of imide groups is 1. The summed E-state index contributed by atoms with van der Waals surface area (Å²) in [7, 11) is 0. The molecule has 2 fully saturated rings. The van der Waals surface area contributed by atoms with Crippen LogP contribution in [0.2, 0.25) is 0 Å². The molecule has 2 aliphatic heterocycles. The lowest BCUT2D eigenvalue weighted by Gasteiger charge is -2.43. The van der Waals surface area contributed by atoms with Gasteiger partial charge in [0.1, 0.15) is 5.54 Å². The van der Waals surface area contributed by atoms with E-state index in [0.29, 0.717) is 37.8 Å². The van der Waals surface area contributed by atoms with Crippen molar-refractivity contribution in [3.63, 3.8) is 0 Å². The van der Waals surface area contributed by atoms with Crippen LogP contribution in [0.25, 0.3) is 0 Å². The highest BCUT2D eigenvalue weighted by molar-refractivity contribution is 6.07. The molecule has 1 atom stereocenters. The van der Waals surface area contributed by atoms with E-state index in [2.05, 4.69) is 63.8 Å². The molecule has 5 nitrogen and oxygen atoms in total. The second-order valence-corrected chi connectivity index (χ2v) is 11.7. The number of carbonyl (C=O) groups is 2. The molecule has 36 heavy (non-hydrogen) atoms. The van der Waals surface area contributed by atoms with Gasteiger partial charge in [-0.1, -0.05) is 89.2 Å². The Bertz CT molecular complexity index is 1020. The summed E-state index contributed by atoms with van der Waals surface area (Å²) >= 11 is 0. The number of rotatable bonds is 9. The van der Waals surface area contributed by atoms with Crippen molar-refractivity contribution in [2.45, 2.75) is 71.9 Å². The molecule has 2 heterocycles. The minimum Gasteiger partial charge on any atom is -0.305 e. The van der Waals surface area contributed by atoms with Crippen LogP contribution < -0.4 is 0 Å². The monoisotopic (exact) mass is 489 g/mol. The largest absolute Gasteiger partial charge is 0.327 e. The highest BCUT2D eigenvalue weighted by Gasteiger charge is 2.57. The molecule has 0 aliphatic carbocycles. The van der Waals surface area contributed by atoms with Crippen molar-refractivity contribution in [2.24, 2.45) is 11.8 Å². The first-order valence-electron chi connectivity index (χ1n) is 13.7. The summed E-state index contributed by atoms with van der Waals surface area (Å²) in [6.07, 6.45) is 2.46. The number of amides is 3. The molecule has 1 spiro atoms.